The van der Waals surface area contributed by atoms with E-state index in [0.29, 0.717) is 11.3 Å². The highest BCUT2D eigenvalue weighted by atomic mass is 16.6. The van der Waals surface area contributed by atoms with Gasteiger partial charge in [-0.25, -0.2) is 4.90 Å². The minimum atomic E-state index is -0.592. The van der Waals surface area contributed by atoms with Gasteiger partial charge in [0.25, 0.3) is 17.5 Å². The third-order valence-corrected chi connectivity index (χ3v) is 5.18. The van der Waals surface area contributed by atoms with Crippen molar-refractivity contribution in [1.82, 2.24) is 10.2 Å². The number of anilines is 1. The molecule has 1 aliphatic heterocycles. The molecule has 2 amide bonds. The van der Waals surface area contributed by atoms with E-state index in [9.17, 15) is 19.7 Å². The van der Waals surface area contributed by atoms with Crippen molar-refractivity contribution in [1.29, 1.82) is 0 Å². The number of hydrogen-bond acceptors (Lipinski definition) is 5. The molecule has 5 rings (SSSR count). The third kappa shape index (κ3) is 2.98. The van der Waals surface area contributed by atoms with Crippen LogP contribution in [0.3, 0.4) is 0 Å². The Bertz CT molecular complexity index is 1420. The summed E-state index contributed by atoms with van der Waals surface area (Å²) in [6.45, 7) is 0. The van der Waals surface area contributed by atoms with E-state index in [-0.39, 0.29) is 16.8 Å². The van der Waals surface area contributed by atoms with Crippen molar-refractivity contribution in [2.75, 3.05) is 4.90 Å². The Morgan fingerprint density at radius 3 is 2.48 bits per heavy atom. The van der Waals surface area contributed by atoms with Gasteiger partial charge in [-0.05, 0) is 29.8 Å². The van der Waals surface area contributed by atoms with Gasteiger partial charge in [-0.3, -0.25) is 24.8 Å². The van der Waals surface area contributed by atoms with Crippen LogP contribution in [0, 0.1) is 10.1 Å². The predicted octanol–water partition coefficient (Wildman–Crippen LogP) is 4.44. The summed E-state index contributed by atoms with van der Waals surface area (Å²) in [7, 11) is 0. The fraction of sp³-hybridized carbons (Fsp3) is 0. The lowest BCUT2D eigenvalue weighted by molar-refractivity contribution is -0.384. The number of nitro groups is 1. The summed E-state index contributed by atoms with van der Waals surface area (Å²) in [5.41, 5.74) is 2.59. The summed E-state index contributed by atoms with van der Waals surface area (Å²) in [4.78, 5) is 37.5. The number of hydrogen-bond donors (Lipinski definition) is 1. The van der Waals surface area contributed by atoms with Gasteiger partial charge in [0.1, 0.15) is 0 Å². The third-order valence-electron chi connectivity index (χ3n) is 5.18. The van der Waals surface area contributed by atoms with Crippen molar-refractivity contribution in [3.63, 3.8) is 0 Å². The summed E-state index contributed by atoms with van der Waals surface area (Å²) in [5, 5.41) is 19.3. The monoisotopic (exact) mass is 410 g/mol. The van der Waals surface area contributed by atoms with Crippen LogP contribution >= 0.6 is 0 Å². The van der Waals surface area contributed by atoms with Gasteiger partial charge < -0.3 is 0 Å². The minimum Gasteiger partial charge on any atom is -0.277 e. The van der Waals surface area contributed by atoms with Gasteiger partial charge >= 0.3 is 0 Å². The Labute approximate surface area is 175 Å². The van der Waals surface area contributed by atoms with E-state index in [1.165, 1.54) is 12.1 Å². The molecular weight excluding hydrogens is 396 g/mol. The summed E-state index contributed by atoms with van der Waals surface area (Å²) < 4.78 is 0. The maximum absolute atomic E-state index is 13.0. The Hall–Kier alpha value is -4.59. The molecule has 0 saturated carbocycles. The topological polar surface area (TPSA) is 109 Å². The number of nitro benzene ring substituents is 1. The number of rotatable bonds is 4. The van der Waals surface area contributed by atoms with Crippen molar-refractivity contribution < 1.29 is 14.5 Å². The highest BCUT2D eigenvalue weighted by Crippen LogP contribution is 2.33. The number of aromatic amines is 1. The number of H-pyrrole nitrogens is 1. The zero-order valence-electron chi connectivity index (χ0n) is 16.0. The van der Waals surface area contributed by atoms with Gasteiger partial charge in [0.15, 0.2) is 0 Å². The SMILES string of the molecule is O=C1c2ccc([N+](=O)[O-])cc2C(=O)N1c1ccccc1C=Cc1n[nH]c2ccccc12. The molecule has 0 radical (unpaired) electrons. The number of fused-ring (bicyclic) bond motifs is 2. The van der Waals surface area contributed by atoms with Crippen molar-refractivity contribution in [2.45, 2.75) is 0 Å². The van der Waals surface area contributed by atoms with Crippen LogP contribution in [0.4, 0.5) is 11.4 Å². The largest absolute Gasteiger partial charge is 0.277 e. The normalized spacial score (nSPS) is 13.4. The molecule has 0 saturated heterocycles. The highest BCUT2D eigenvalue weighted by Gasteiger charge is 2.38. The van der Waals surface area contributed by atoms with Crippen LogP contribution in [0.25, 0.3) is 23.1 Å². The quantitative estimate of drug-likeness (QED) is 0.304. The van der Waals surface area contributed by atoms with Crippen LogP contribution in [0.5, 0.6) is 0 Å². The summed E-state index contributed by atoms with van der Waals surface area (Å²) in [6, 6.07) is 18.4. The van der Waals surface area contributed by atoms with Gasteiger partial charge in [0.2, 0.25) is 0 Å². The lowest BCUT2D eigenvalue weighted by atomic mass is 10.1. The Kier molecular flexibility index (Phi) is 4.18. The predicted molar refractivity (Wildman–Crippen MR) is 116 cm³/mol. The van der Waals surface area contributed by atoms with Gasteiger partial charge in [-0.1, -0.05) is 42.5 Å². The van der Waals surface area contributed by atoms with Crippen LogP contribution in [-0.4, -0.2) is 26.9 Å². The molecule has 0 aliphatic carbocycles. The second-order valence-electron chi connectivity index (χ2n) is 6.98. The van der Waals surface area contributed by atoms with E-state index in [2.05, 4.69) is 10.2 Å². The summed E-state index contributed by atoms with van der Waals surface area (Å²) >= 11 is 0. The first-order valence-corrected chi connectivity index (χ1v) is 9.42. The minimum absolute atomic E-state index is 0.0243. The zero-order chi connectivity index (χ0) is 21.5. The molecule has 4 aromatic rings. The number of non-ortho nitro benzene ring substituents is 1. The Balaban J connectivity index is 1.54. The van der Waals surface area contributed by atoms with Gasteiger partial charge in [0, 0.05) is 17.5 Å². The fourth-order valence-electron chi connectivity index (χ4n) is 3.67. The molecule has 0 fully saturated rings. The van der Waals surface area contributed by atoms with E-state index >= 15 is 0 Å². The molecule has 1 N–H and O–H groups in total. The molecule has 31 heavy (non-hydrogen) atoms. The van der Waals surface area contributed by atoms with E-state index in [0.717, 1.165) is 27.6 Å². The molecule has 150 valence electrons. The summed E-state index contributed by atoms with van der Waals surface area (Å²) in [5.74, 6) is -1.10. The van der Waals surface area contributed by atoms with E-state index in [1.807, 2.05) is 24.3 Å². The lowest BCUT2D eigenvalue weighted by Crippen LogP contribution is -2.29. The number of aromatic nitrogens is 2. The molecule has 0 bridgehead atoms. The molecule has 1 aliphatic rings. The van der Waals surface area contributed by atoms with Crippen molar-refractivity contribution in [3.8, 4) is 0 Å². The van der Waals surface area contributed by atoms with Crippen LogP contribution < -0.4 is 4.90 Å². The average molecular weight is 410 g/mol. The van der Waals surface area contributed by atoms with Crippen LogP contribution in [0.15, 0.2) is 66.7 Å². The molecule has 2 heterocycles. The smallest absolute Gasteiger partial charge is 0.270 e. The number of para-hydroxylation sites is 2. The molecule has 3 aromatic carbocycles. The van der Waals surface area contributed by atoms with Crippen molar-refractivity contribution >= 4 is 46.2 Å². The zero-order valence-corrected chi connectivity index (χ0v) is 16.0. The average Bonchev–Trinajstić information content (AvgIpc) is 3.31. The van der Waals surface area contributed by atoms with E-state index in [1.54, 1.807) is 36.4 Å². The summed E-state index contributed by atoms with van der Waals surface area (Å²) in [6.07, 6.45) is 3.59. The maximum Gasteiger partial charge on any atom is 0.270 e. The first-order valence-electron chi connectivity index (χ1n) is 9.42. The number of nitrogens with one attached hydrogen (secondary N) is 1. The molecular formula is C23H14N4O4. The number of amides is 2. The van der Waals surface area contributed by atoms with Crippen molar-refractivity contribution in [3.05, 3.63) is 99.2 Å². The first kappa shape index (κ1) is 18.4. The van der Waals surface area contributed by atoms with E-state index < -0.39 is 16.7 Å². The van der Waals surface area contributed by atoms with Gasteiger partial charge in [-0.15, -0.1) is 0 Å². The highest BCUT2D eigenvalue weighted by molar-refractivity contribution is 6.35. The number of nitrogens with zero attached hydrogens (tertiary/aromatic N) is 3. The van der Waals surface area contributed by atoms with E-state index in [4.69, 9.17) is 0 Å². The van der Waals surface area contributed by atoms with Gasteiger partial charge in [0.05, 0.1) is 32.9 Å². The molecule has 1 aromatic heterocycles. The Morgan fingerprint density at radius 1 is 0.903 bits per heavy atom. The standard InChI is InChI=1S/C23H14N4O4/c28-22-16-11-10-15(27(30)31)13-18(16)23(29)26(22)21-8-4-1-5-14(21)9-12-20-17-6-2-3-7-19(17)24-25-20/h1-13H,(H,24,25). The van der Waals surface area contributed by atoms with Crippen molar-refractivity contribution in [2.24, 2.45) is 0 Å². The second kappa shape index (κ2) is 7.03. The van der Waals surface area contributed by atoms with Gasteiger partial charge in [-0.2, -0.15) is 5.10 Å². The first-order chi connectivity index (χ1) is 15.0. The van der Waals surface area contributed by atoms with Crippen LogP contribution in [0.2, 0.25) is 0 Å². The molecule has 0 unspecified atom stereocenters. The van der Waals surface area contributed by atoms with Crippen LogP contribution in [0.1, 0.15) is 32.0 Å². The number of benzene rings is 3. The number of imide groups is 1. The number of carbonyl (C=O) groups is 2. The lowest BCUT2D eigenvalue weighted by Gasteiger charge is -2.16. The molecule has 0 atom stereocenters. The fourth-order valence-corrected chi connectivity index (χ4v) is 3.67. The molecule has 0 spiro atoms. The second-order valence-corrected chi connectivity index (χ2v) is 6.98. The van der Waals surface area contributed by atoms with Crippen LogP contribution in [-0.2, 0) is 0 Å². The molecule has 8 nitrogen and oxygen atoms in total. The molecule has 8 heteroatoms. The maximum atomic E-state index is 13.0. The Morgan fingerprint density at radius 2 is 1.65 bits per heavy atom. The number of carbonyl (C=O) groups excluding carboxylic acids is 2.